The third kappa shape index (κ3) is 2.58. The lowest BCUT2D eigenvalue weighted by Crippen LogP contribution is -2.15. The molecule has 2 rings (SSSR count). The lowest BCUT2D eigenvalue weighted by atomic mass is 10.1. The average Bonchev–Trinajstić information content (AvgIpc) is 2.29. The van der Waals surface area contributed by atoms with Gasteiger partial charge < -0.3 is 5.32 Å². The van der Waals surface area contributed by atoms with Gasteiger partial charge in [0.2, 0.25) is 0 Å². The highest BCUT2D eigenvalue weighted by molar-refractivity contribution is 5.79. The minimum atomic E-state index is 1.04. The molecule has 0 aliphatic rings. The lowest BCUT2D eigenvalue weighted by Gasteiger charge is -2.04. The summed E-state index contributed by atoms with van der Waals surface area (Å²) < 4.78 is 0. The summed E-state index contributed by atoms with van der Waals surface area (Å²) >= 11 is 0. The fraction of sp³-hybridized carbons (Fsp3) is 0.357. The molecule has 0 saturated carbocycles. The van der Waals surface area contributed by atoms with Crippen LogP contribution in [0.1, 0.15) is 18.1 Å². The molecule has 2 heteroatoms. The Morgan fingerprint density at radius 2 is 2.12 bits per heavy atom. The first kappa shape index (κ1) is 11.1. The van der Waals surface area contributed by atoms with E-state index in [9.17, 15) is 0 Å². The number of hydrogen-bond acceptors (Lipinski definition) is 2. The van der Waals surface area contributed by atoms with Crippen LogP contribution in [0.25, 0.3) is 10.9 Å². The van der Waals surface area contributed by atoms with Crippen molar-refractivity contribution >= 4 is 10.9 Å². The van der Waals surface area contributed by atoms with Crippen molar-refractivity contribution in [2.75, 3.05) is 13.1 Å². The molecule has 16 heavy (non-hydrogen) atoms. The number of aromatic nitrogens is 1. The minimum absolute atomic E-state index is 1.04. The van der Waals surface area contributed by atoms with E-state index in [0.29, 0.717) is 0 Å². The molecule has 0 fully saturated rings. The highest BCUT2D eigenvalue weighted by atomic mass is 14.8. The molecule has 1 aromatic carbocycles. The molecule has 1 aromatic heterocycles. The van der Waals surface area contributed by atoms with Gasteiger partial charge in [0.25, 0.3) is 0 Å². The number of likely N-dealkylation sites (N-methyl/N-ethyl adjacent to an activating group) is 1. The molecule has 0 amide bonds. The van der Waals surface area contributed by atoms with Crippen molar-refractivity contribution in [3.63, 3.8) is 0 Å². The van der Waals surface area contributed by atoms with Crippen LogP contribution in [-0.2, 0) is 6.42 Å². The van der Waals surface area contributed by atoms with E-state index < -0.39 is 0 Å². The maximum atomic E-state index is 4.40. The monoisotopic (exact) mass is 214 g/mol. The second-order valence-electron chi connectivity index (χ2n) is 4.14. The van der Waals surface area contributed by atoms with Crippen LogP contribution < -0.4 is 5.32 Å². The van der Waals surface area contributed by atoms with Gasteiger partial charge in [0.05, 0.1) is 5.52 Å². The molecule has 0 unspecified atom stereocenters. The number of fused-ring (bicyclic) bond motifs is 1. The molecule has 0 saturated heterocycles. The van der Waals surface area contributed by atoms with Crippen molar-refractivity contribution in [2.45, 2.75) is 20.3 Å². The highest BCUT2D eigenvalue weighted by Gasteiger charge is 1.98. The SMILES string of the molecule is CCNCCc1ccc2ncc(C)cc2c1. The molecule has 2 nitrogen and oxygen atoms in total. The summed E-state index contributed by atoms with van der Waals surface area (Å²) in [5, 5.41) is 4.58. The van der Waals surface area contributed by atoms with Crippen molar-refractivity contribution in [3.05, 3.63) is 41.6 Å². The summed E-state index contributed by atoms with van der Waals surface area (Å²) in [5.41, 5.74) is 3.68. The predicted molar refractivity (Wildman–Crippen MR) is 68.7 cm³/mol. The van der Waals surface area contributed by atoms with Crippen molar-refractivity contribution in [1.82, 2.24) is 10.3 Å². The zero-order valence-corrected chi connectivity index (χ0v) is 9.96. The van der Waals surface area contributed by atoms with Crippen molar-refractivity contribution in [1.29, 1.82) is 0 Å². The largest absolute Gasteiger partial charge is 0.317 e. The van der Waals surface area contributed by atoms with Crippen LogP contribution >= 0.6 is 0 Å². The summed E-state index contributed by atoms with van der Waals surface area (Å²) in [7, 11) is 0. The van der Waals surface area contributed by atoms with Crippen molar-refractivity contribution < 1.29 is 0 Å². The second kappa shape index (κ2) is 5.08. The Kier molecular flexibility index (Phi) is 3.52. The average molecular weight is 214 g/mol. The van der Waals surface area contributed by atoms with Gasteiger partial charge in [-0.15, -0.1) is 0 Å². The van der Waals surface area contributed by atoms with Crippen LogP contribution in [0.3, 0.4) is 0 Å². The summed E-state index contributed by atoms with van der Waals surface area (Å²) in [4.78, 5) is 4.40. The third-order valence-electron chi connectivity index (χ3n) is 2.72. The Bertz CT molecular complexity index is 477. The van der Waals surface area contributed by atoms with Gasteiger partial charge in [-0.1, -0.05) is 13.0 Å². The van der Waals surface area contributed by atoms with Gasteiger partial charge in [0.1, 0.15) is 0 Å². The van der Waals surface area contributed by atoms with E-state index in [4.69, 9.17) is 0 Å². The number of pyridine rings is 1. The molecule has 84 valence electrons. The second-order valence-corrected chi connectivity index (χ2v) is 4.14. The van der Waals surface area contributed by atoms with Gasteiger partial charge in [-0.3, -0.25) is 4.98 Å². The van der Waals surface area contributed by atoms with E-state index in [1.165, 1.54) is 16.5 Å². The van der Waals surface area contributed by atoms with Crippen LogP contribution in [0.2, 0.25) is 0 Å². The molecule has 0 radical (unpaired) electrons. The van der Waals surface area contributed by atoms with Gasteiger partial charge in [0.15, 0.2) is 0 Å². The van der Waals surface area contributed by atoms with E-state index in [1.54, 1.807) is 0 Å². The van der Waals surface area contributed by atoms with E-state index >= 15 is 0 Å². The molecule has 2 aromatic rings. The Morgan fingerprint density at radius 1 is 1.25 bits per heavy atom. The molecule has 1 N–H and O–H groups in total. The maximum Gasteiger partial charge on any atom is 0.0702 e. The third-order valence-corrected chi connectivity index (χ3v) is 2.72. The zero-order chi connectivity index (χ0) is 11.4. The lowest BCUT2D eigenvalue weighted by molar-refractivity contribution is 0.717. The Hall–Kier alpha value is -1.41. The van der Waals surface area contributed by atoms with Crippen LogP contribution in [-0.4, -0.2) is 18.1 Å². The Morgan fingerprint density at radius 3 is 2.94 bits per heavy atom. The van der Waals surface area contributed by atoms with E-state index in [0.717, 1.165) is 25.0 Å². The smallest absolute Gasteiger partial charge is 0.0702 e. The fourth-order valence-electron chi connectivity index (χ4n) is 1.86. The Labute approximate surface area is 96.7 Å². The van der Waals surface area contributed by atoms with Gasteiger partial charge in [-0.2, -0.15) is 0 Å². The first-order valence-corrected chi connectivity index (χ1v) is 5.85. The number of hydrogen-bond donors (Lipinski definition) is 1. The quantitative estimate of drug-likeness (QED) is 0.791. The normalized spacial score (nSPS) is 10.9. The van der Waals surface area contributed by atoms with E-state index in [1.807, 2.05) is 6.20 Å². The number of benzene rings is 1. The molecule has 0 spiro atoms. The van der Waals surface area contributed by atoms with E-state index in [2.05, 4.69) is 48.4 Å². The van der Waals surface area contributed by atoms with Crippen molar-refractivity contribution in [2.24, 2.45) is 0 Å². The van der Waals surface area contributed by atoms with Crippen molar-refractivity contribution in [3.8, 4) is 0 Å². The van der Waals surface area contributed by atoms with Crippen LogP contribution in [0, 0.1) is 6.92 Å². The molecule has 0 aliphatic carbocycles. The molecular formula is C14H18N2. The molecule has 0 aliphatic heterocycles. The van der Waals surface area contributed by atoms with Crippen LogP contribution in [0.15, 0.2) is 30.5 Å². The molecule has 0 bridgehead atoms. The van der Waals surface area contributed by atoms with E-state index in [-0.39, 0.29) is 0 Å². The summed E-state index contributed by atoms with van der Waals surface area (Å²) in [6, 6.07) is 8.71. The highest BCUT2D eigenvalue weighted by Crippen LogP contribution is 2.15. The number of aryl methyl sites for hydroxylation is 1. The standard InChI is InChI=1S/C14H18N2/c1-3-15-7-6-12-4-5-14-13(9-12)8-11(2)10-16-14/h4-5,8-10,15H,3,6-7H2,1-2H3. The number of nitrogens with zero attached hydrogens (tertiary/aromatic N) is 1. The molecule has 1 heterocycles. The fourth-order valence-corrected chi connectivity index (χ4v) is 1.86. The Balaban J connectivity index is 2.21. The van der Waals surface area contributed by atoms with Gasteiger partial charge >= 0.3 is 0 Å². The summed E-state index contributed by atoms with van der Waals surface area (Å²) in [6.45, 7) is 6.29. The number of rotatable bonds is 4. The summed E-state index contributed by atoms with van der Waals surface area (Å²) in [6.07, 6.45) is 3.00. The minimum Gasteiger partial charge on any atom is -0.317 e. The number of nitrogens with one attached hydrogen (secondary N) is 1. The first-order chi connectivity index (χ1) is 7.79. The topological polar surface area (TPSA) is 24.9 Å². The first-order valence-electron chi connectivity index (χ1n) is 5.85. The van der Waals surface area contributed by atoms with Crippen LogP contribution in [0.4, 0.5) is 0 Å². The molecule has 0 atom stereocenters. The van der Waals surface area contributed by atoms with Gasteiger partial charge in [0, 0.05) is 11.6 Å². The predicted octanol–water partition coefficient (Wildman–Crippen LogP) is 2.70. The van der Waals surface area contributed by atoms with Crippen LogP contribution in [0.5, 0.6) is 0 Å². The summed E-state index contributed by atoms with van der Waals surface area (Å²) in [5.74, 6) is 0. The zero-order valence-electron chi connectivity index (χ0n) is 9.96. The maximum absolute atomic E-state index is 4.40. The van der Waals surface area contributed by atoms with Gasteiger partial charge in [-0.05, 0) is 55.8 Å². The van der Waals surface area contributed by atoms with Gasteiger partial charge in [-0.25, -0.2) is 0 Å². The molecular weight excluding hydrogens is 196 g/mol.